The summed E-state index contributed by atoms with van der Waals surface area (Å²) in [6.45, 7) is 4.21. The molecule has 0 aromatic carbocycles. The first-order valence-electron chi connectivity index (χ1n) is 7.61. The van der Waals surface area contributed by atoms with Crippen LogP contribution in [0.1, 0.15) is 34.4 Å². The Labute approximate surface area is 134 Å². The van der Waals surface area contributed by atoms with E-state index >= 15 is 0 Å². The van der Waals surface area contributed by atoms with E-state index in [1.807, 2.05) is 25.1 Å². The van der Waals surface area contributed by atoms with Gasteiger partial charge in [-0.25, -0.2) is 9.97 Å². The van der Waals surface area contributed by atoms with Gasteiger partial charge in [-0.2, -0.15) is 0 Å². The Bertz CT molecular complexity index is 827. The molecular formula is C17H18N4O2. The highest BCUT2D eigenvalue weighted by Crippen LogP contribution is 2.26. The quantitative estimate of drug-likeness (QED) is 0.783. The standard InChI is InChI=1S/C17H18N4O2/c1-3-18-16(22)14-11(2)23-17-15(14)13(20-10-21-17)8-7-12-6-4-5-9-19-12/h4-6,9-10H,3,7-8H2,1-2H3,(H,18,22). The molecule has 0 fully saturated rings. The lowest BCUT2D eigenvalue weighted by Gasteiger charge is -2.05. The third kappa shape index (κ3) is 3.06. The zero-order valence-electron chi connectivity index (χ0n) is 13.2. The van der Waals surface area contributed by atoms with Crippen LogP contribution >= 0.6 is 0 Å². The molecule has 0 radical (unpaired) electrons. The molecule has 0 saturated heterocycles. The highest BCUT2D eigenvalue weighted by molar-refractivity contribution is 6.07. The number of amides is 1. The van der Waals surface area contributed by atoms with E-state index in [0.717, 1.165) is 17.8 Å². The van der Waals surface area contributed by atoms with Crippen LogP contribution < -0.4 is 5.32 Å². The van der Waals surface area contributed by atoms with Crippen LogP contribution in [0.25, 0.3) is 11.1 Å². The van der Waals surface area contributed by atoms with Crippen molar-refractivity contribution in [3.05, 3.63) is 53.4 Å². The van der Waals surface area contributed by atoms with Crippen molar-refractivity contribution in [3.8, 4) is 0 Å². The Kier molecular flexibility index (Phi) is 4.32. The predicted molar refractivity (Wildman–Crippen MR) is 86.2 cm³/mol. The molecule has 0 atom stereocenters. The summed E-state index contributed by atoms with van der Waals surface area (Å²) < 4.78 is 5.63. The number of fused-ring (bicyclic) bond motifs is 1. The van der Waals surface area contributed by atoms with Crippen LogP contribution in [-0.4, -0.2) is 27.4 Å². The molecule has 6 nitrogen and oxygen atoms in total. The van der Waals surface area contributed by atoms with Crippen LogP contribution in [-0.2, 0) is 12.8 Å². The van der Waals surface area contributed by atoms with Gasteiger partial charge in [0, 0.05) is 18.4 Å². The Morgan fingerprint density at radius 3 is 2.83 bits per heavy atom. The van der Waals surface area contributed by atoms with E-state index in [9.17, 15) is 4.79 Å². The number of carbonyl (C=O) groups is 1. The van der Waals surface area contributed by atoms with Gasteiger partial charge in [-0.1, -0.05) is 6.07 Å². The van der Waals surface area contributed by atoms with Gasteiger partial charge >= 0.3 is 0 Å². The molecule has 6 heteroatoms. The van der Waals surface area contributed by atoms with Crippen LogP contribution in [0.15, 0.2) is 35.1 Å². The Morgan fingerprint density at radius 1 is 1.22 bits per heavy atom. The molecule has 3 heterocycles. The van der Waals surface area contributed by atoms with Crippen LogP contribution in [0, 0.1) is 6.92 Å². The van der Waals surface area contributed by atoms with E-state index < -0.39 is 0 Å². The maximum absolute atomic E-state index is 12.3. The van der Waals surface area contributed by atoms with E-state index in [1.54, 1.807) is 13.1 Å². The molecule has 23 heavy (non-hydrogen) atoms. The molecule has 1 amide bonds. The van der Waals surface area contributed by atoms with E-state index in [-0.39, 0.29) is 5.91 Å². The van der Waals surface area contributed by atoms with Gasteiger partial charge in [0.2, 0.25) is 5.71 Å². The molecule has 118 valence electrons. The van der Waals surface area contributed by atoms with Gasteiger partial charge in [0.05, 0.1) is 16.6 Å². The number of hydrogen-bond donors (Lipinski definition) is 1. The third-order valence-corrected chi connectivity index (χ3v) is 3.65. The normalized spacial score (nSPS) is 10.9. The minimum absolute atomic E-state index is 0.155. The van der Waals surface area contributed by atoms with Crippen molar-refractivity contribution in [2.75, 3.05) is 6.54 Å². The van der Waals surface area contributed by atoms with Crippen molar-refractivity contribution in [2.24, 2.45) is 0 Å². The van der Waals surface area contributed by atoms with Crippen molar-refractivity contribution in [2.45, 2.75) is 26.7 Å². The number of rotatable bonds is 5. The van der Waals surface area contributed by atoms with Gasteiger partial charge < -0.3 is 9.73 Å². The Balaban J connectivity index is 1.98. The van der Waals surface area contributed by atoms with Crippen molar-refractivity contribution in [1.29, 1.82) is 0 Å². The highest BCUT2D eigenvalue weighted by atomic mass is 16.3. The van der Waals surface area contributed by atoms with Crippen LogP contribution in [0.3, 0.4) is 0 Å². The molecule has 3 aromatic heterocycles. The van der Waals surface area contributed by atoms with Gasteiger partial charge in [0.25, 0.3) is 5.91 Å². The zero-order valence-corrected chi connectivity index (χ0v) is 13.2. The van der Waals surface area contributed by atoms with Gasteiger partial charge in [-0.3, -0.25) is 9.78 Å². The van der Waals surface area contributed by atoms with Crippen molar-refractivity contribution in [3.63, 3.8) is 0 Å². The molecule has 0 aliphatic rings. The number of nitrogens with zero attached hydrogens (tertiary/aromatic N) is 3. The monoisotopic (exact) mass is 310 g/mol. The van der Waals surface area contributed by atoms with Crippen molar-refractivity contribution >= 4 is 17.0 Å². The molecular weight excluding hydrogens is 292 g/mol. The highest BCUT2D eigenvalue weighted by Gasteiger charge is 2.21. The summed E-state index contributed by atoms with van der Waals surface area (Å²) in [5.41, 5.74) is 2.77. The number of pyridine rings is 1. The smallest absolute Gasteiger partial charge is 0.255 e. The molecule has 0 aliphatic carbocycles. The van der Waals surface area contributed by atoms with Gasteiger partial charge in [-0.05, 0) is 38.8 Å². The lowest BCUT2D eigenvalue weighted by atomic mass is 10.1. The molecule has 0 spiro atoms. The van der Waals surface area contributed by atoms with Crippen molar-refractivity contribution < 1.29 is 9.21 Å². The minimum Gasteiger partial charge on any atom is -0.442 e. The van der Waals surface area contributed by atoms with Gasteiger partial charge in [0.1, 0.15) is 12.1 Å². The average molecular weight is 310 g/mol. The van der Waals surface area contributed by atoms with E-state index in [4.69, 9.17) is 4.42 Å². The number of aryl methyl sites for hydroxylation is 3. The van der Waals surface area contributed by atoms with Gasteiger partial charge in [0.15, 0.2) is 0 Å². The fourth-order valence-corrected chi connectivity index (χ4v) is 2.61. The average Bonchev–Trinajstić information content (AvgIpc) is 2.90. The fraction of sp³-hybridized carbons (Fsp3) is 0.294. The number of aromatic nitrogens is 3. The topological polar surface area (TPSA) is 80.9 Å². The molecule has 0 bridgehead atoms. The molecule has 3 aromatic rings. The zero-order chi connectivity index (χ0) is 16.2. The van der Waals surface area contributed by atoms with E-state index in [2.05, 4.69) is 20.3 Å². The second-order valence-corrected chi connectivity index (χ2v) is 5.21. The Hall–Kier alpha value is -2.76. The van der Waals surface area contributed by atoms with Crippen molar-refractivity contribution in [1.82, 2.24) is 20.3 Å². The van der Waals surface area contributed by atoms with Gasteiger partial charge in [-0.15, -0.1) is 0 Å². The first-order valence-corrected chi connectivity index (χ1v) is 7.61. The maximum Gasteiger partial charge on any atom is 0.255 e. The second-order valence-electron chi connectivity index (χ2n) is 5.21. The second kappa shape index (κ2) is 6.56. The summed E-state index contributed by atoms with van der Waals surface area (Å²) in [5, 5.41) is 3.52. The van der Waals surface area contributed by atoms with E-state index in [0.29, 0.717) is 35.4 Å². The largest absolute Gasteiger partial charge is 0.442 e. The SMILES string of the molecule is CCNC(=O)c1c(C)oc2ncnc(CCc3ccccn3)c12. The van der Waals surface area contributed by atoms with Crippen LogP contribution in [0.4, 0.5) is 0 Å². The minimum atomic E-state index is -0.155. The number of nitrogens with one attached hydrogen (secondary N) is 1. The number of hydrogen-bond acceptors (Lipinski definition) is 5. The first-order chi connectivity index (χ1) is 11.2. The summed E-state index contributed by atoms with van der Waals surface area (Å²) in [4.78, 5) is 25.2. The molecule has 0 unspecified atom stereocenters. The van der Waals surface area contributed by atoms with Crippen LogP contribution in [0.5, 0.6) is 0 Å². The third-order valence-electron chi connectivity index (χ3n) is 3.65. The van der Waals surface area contributed by atoms with E-state index in [1.165, 1.54) is 6.33 Å². The summed E-state index contributed by atoms with van der Waals surface area (Å²) in [7, 11) is 0. The molecule has 3 rings (SSSR count). The Morgan fingerprint density at radius 2 is 2.09 bits per heavy atom. The summed E-state index contributed by atoms with van der Waals surface area (Å²) in [5.74, 6) is 0.406. The number of carbonyl (C=O) groups excluding carboxylic acids is 1. The van der Waals surface area contributed by atoms with Crippen LogP contribution in [0.2, 0.25) is 0 Å². The molecule has 0 aliphatic heterocycles. The molecule has 0 saturated carbocycles. The summed E-state index contributed by atoms with van der Waals surface area (Å²) in [6.07, 6.45) is 4.65. The number of furan rings is 1. The maximum atomic E-state index is 12.3. The molecule has 1 N–H and O–H groups in total. The predicted octanol–water partition coefficient (Wildman–Crippen LogP) is 2.46. The summed E-state index contributed by atoms with van der Waals surface area (Å²) >= 11 is 0. The fourth-order valence-electron chi connectivity index (χ4n) is 2.61. The lowest BCUT2D eigenvalue weighted by Crippen LogP contribution is -2.23. The lowest BCUT2D eigenvalue weighted by molar-refractivity contribution is 0.0955. The first kappa shape index (κ1) is 15.1. The summed E-state index contributed by atoms with van der Waals surface area (Å²) in [6, 6.07) is 5.82.